The van der Waals surface area contributed by atoms with Gasteiger partial charge in [-0.15, -0.1) is 0 Å². The summed E-state index contributed by atoms with van der Waals surface area (Å²) in [5.41, 5.74) is 7.01. The first-order chi connectivity index (χ1) is 19.5. The summed E-state index contributed by atoms with van der Waals surface area (Å²) >= 11 is 0. The first-order valence-electron chi connectivity index (χ1n) is 15.4. The molecule has 0 aromatic carbocycles. The van der Waals surface area contributed by atoms with E-state index in [-0.39, 0.29) is 12.5 Å². The van der Waals surface area contributed by atoms with Gasteiger partial charge in [-0.3, -0.25) is 4.57 Å². The van der Waals surface area contributed by atoms with Crippen LogP contribution >= 0.6 is 7.60 Å². The predicted molar refractivity (Wildman–Crippen MR) is 161 cm³/mol. The van der Waals surface area contributed by atoms with E-state index in [9.17, 15) is 4.57 Å². The van der Waals surface area contributed by atoms with Gasteiger partial charge in [0, 0.05) is 20.3 Å². The Morgan fingerprint density at radius 3 is 2.08 bits per heavy atom. The van der Waals surface area contributed by atoms with Crippen LogP contribution < -0.4 is 5.73 Å². The van der Waals surface area contributed by atoms with Gasteiger partial charge in [-0.1, -0.05) is 90.4 Å². The van der Waals surface area contributed by atoms with Crippen molar-refractivity contribution in [3.05, 3.63) is 12.7 Å². The molecule has 2 heterocycles. The van der Waals surface area contributed by atoms with Crippen molar-refractivity contribution in [3.8, 4) is 0 Å². The molecule has 2 aromatic rings. The summed E-state index contributed by atoms with van der Waals surface area (Å²) in [6.07, 6.45) is 22.2. The number of hydrogen-bond donors (Lipinski definition) is 1. The lowest BCUT2D eigenvalue weighted by atomic mass is 10.0. The average molecular weight is 584 g/mol. The summed E-state index contributed by atoms with van der Waals surface area (Å²) in [7, 11) is -1.96. The fourth-order valence-corrected chi connectivity index (χ4v) is 5.72. The molecule has 0 aliphatic carbocycles. The van der Waals surface area contributed by atoms with E-state index in [1.165, 1.54) is 96.9 Å². The first kappa shape index (κ1) is 34.6. The fraction of sp³-hybridized carbons (Fsp3) is 0.828. The number of nitrogen functional groups attached to an aromatic ring is 1. The molecule has 0 saturated heterocycles. The second-order valence-corrected chi connectivity index (χ2v) is 12.7. The highest BCUT2D eigenvalue weighted by atomic mass is 31.2. The Balaban J connectivity index is 1.42. The molecule has 0 bridgehead atoms. The Morgan fingerprint density at radius 1 is 0.850 bits per heavy atom. The van der Waals surface area contributed by atoms with Gasteiger partial charge in [0.15, 0.2) is 11.5 Å². The van der Waals surface area contributed by atoms with Gasteiger partial charge in [-0.2, -0.15) is 0 Å². The van der Waals surface area contributed by atoms with Crippen LogP contribution in [0.25, 0.3) is 11.2 Å². The van der Waals surface area contributed by atoms with Gasteiger partial charge >= 0.3 is 7.60 Å². The molecule has 10 nitrogen and oxygen atoms in total. The molecule has 2 rings (SSSR count). The Kier molecular flexibility index (Phi) is 18.3. The van der Waals surface area contributed by atoms with E-state index in [4.69, 9.17) is 24.3 Å². The van der Waals surface area contributed by atoms with E-state index in [2.05, 4.69) is 21.9 Å². The zero-order valence-electron chi connectivity index (χ0n) is 25.2. The highest BCUT2D eigenvalue weighted by Crippen LogP contribution is 2.47. The number of nitrogens with two attached hydrogens (primary N) is 1. The summed E-state index contributed by atoms with van der Waals surface area (Å²) in [6.45, 7) is 6.25. The Bertz CT molecular complexity index is 960. The van der Waals surface area contributed by atoms with Gasteiger partial charge in [0.2, 0.25) is 0 Å². The maximum Gasteiger partial charge on any atom is 0.355 e. The molecule has 0 fully saturated rings. The van der Waals surface area contributed by atoms with Crippen LogP contribution in [0.4, 0.5) is 5.82 Å². The third-order valence-electron chi connectivity index (χ3n) is 7.04. The third kappa shape index (κ3) is 14.4. The van der Waals surface area contributed by atoms with Crippen LogP contribution in [0.3, 0.4) is 0 Å². The zero-order chi connectivity index (χ0) is 28.9. The molecule has 2 N–H and O–H groups in total. The van der Waals surface area contributed by atoms with Crippen molar-refractivity contribution in [2.24, 2.45) is 0 Å². The number of imidazole rings is 1. The minimum absolute atomic E-state index is 0.131. The second kappa shape index (κ2) is 21.2. The van der Waals surface area contributed by atoms with Gasteiger partial charge in [-0.05, 0) is 19.8 Å². The molecular weight excluding hydrogens is 529 g/mol. The molecule has 11 heteroatoms. The maximum atomic E-state index is 12.9. The molecule has 40 heavy (non-hydrogen) atoms. The summed E-state index contributed by atoms with van der Waals surface area (Å²) in [6, 6.07) is 0. The minimum atomic E-state index is -3.34. The number of nitrogens with zero attached hydrogens (tertiary/aromatic N) is 4. The molecular formula is C29H54N5O5P. The lowest BCUT2D eigenvalue weighted by molar-refractivity contribution is 0.0659. The van der Waals surface area contributed by atoms with Gasteiger partial charge in [0.1, 0.15) is 18.2 Å². The summed E-state index contributed by atoms with van der Waals surface area (Å²) < 4.78 is 36.9. The lowest BCUT2D eigenvalue weighted by Gasteiger charge is -2.20. The van der Waals surface area contributed by atoms with Crippen molar-refractivity contribution in [3.63, 3.8) is 0 Å². The van der Waals surface area contributed by atoms with Gasteiger partial charge in [0.05, 0.1) is 25.6 Å². The van der Waals surface area contributed by atoms with Crippen molar-refractivity contribution in [1.29, 1.82) is 0 Å². The van der Waals surface area contributed by atoms with Crippen molar-refractivity contribution in [2.75, 3.05) is 39.0 Å². The Hall–Kier alpha value is -1.58. The van der Waals surface area contributed by atoms with Crippen molar-refractivity contribution in [1.82, 2.24) is 19.5 Å². The van der Waals surface area contributed by atoms with Crippen molar-refractivity contribution < 1.29 is 23.1 Å². The molecule has 2 unspecified atom stereocenters. The summed E-state index contributed by atoms with van der Waals surface area (Å²) in [4.78, 5) is 12.4. The molecule has 0 spiro atoms. The summed E-state index contributed by atoms with van der Waals surface area (Å²) in [5.74, 6) is 0.332. The third-order valence-corrected chi connectivity index (χ3v) is 8.64. The van der Waals surface area contributed by atoms with Gasteiger partial charge in [0.25, 0.3) is 0 Å². The highest BCUT2D eigenvalue weighted by Gasteiger charge is 2.25. The van der Waals surface area contributed by atoms with E-state index in [0.717, 1.165) is 13.0 Å². The molecule has 0 aliphatic rings. The van der Waals surface area contributed by atoms with Crippen LogP contribution in [0.2, 0.25) is 0 Å². The number of hydrogen-bond acceptors (Lipinski definition) is 9. The number of anilines is 1. The summed E-state index contributed by atoms with van der Waals surface area (Å²) in [5, 5.41) is 0. The van der Waals surface area contributed by atoms with E-state index < -0.39 is 7.60 Å². The highest BCUT2D eigenvalue weighted by molar-refractivity contribution is 7.53. The molecule has 230 valence electrons. The quantitative estimate of drug-likeness (QED) is 0.0884. The molecule has 0 aliphatic heterocycles. The van der Waals surface area contributed by atoms with Gasteiger partial charge < -0.3 is 28.8 Å². The number of aromatic nitrogens is 4. The monoisotopic (exact) mass is 583 g/mol. The van der Waals surface area contributed by atoms with E-state index in [0.29, 0.717) is 43.2 Å². The molecule has 2 aromatic heterocycles. The second-order valence-electron chi connectivity index (χ2n) is 10.6. The minimum Gasteiger partial charge on any atom is -0.382 e. The van der Waals surface area contributed by atoms with Crippen molar-refractivity contribution >= 4 is 24.6 Å². The Morgan fingerprint density at radius 2 is 1.45 bits per heavy atom. The van der Waals surface area contributed by atoms with Crippen LogP contribution in [0.1, 0.15) is 110 Å². The number of unbranched alkanes of at least 4 members (excludes halogenated alkanes) is 13. The normalized spacial score (nSPS) is 14.1. The van der Waals surface area contributed by atoms with Crippen molar-refractivity contribution in [2.45, 2.75) is 123 Å². The number of fused-ring (bicyclic) bond motifs is 1. The van der Waals surface area contributed by atoms with Crippen LogP contribution in [0.5, 0.6) is 0 Å². The maximum absolute atomic E-state index is 12.9. The molecule has 2 atom stereocenters. The predicted octanol–water partition coefficient (Wildman–Crippen LogP) is 7.52. The standard InChI is InChI=1S/C29H54N5O5P/c1-4-5-6-7-8-9-10-11-12-13-14-15-16-17-19-37-20-18-21-39-40(35,36-3)25-38-26(2)22-34-24-33-27-28(30)31-23-32-29(27)34/h23-24,26H,4-22,25H2,1-3H3,(H2,30,31,32). The van der Waals surface area contributed by atoms with E-state index in [1.54, 1.807) is 6.33 Å². The fourth-order valence-electron chi connectivity index (χ4n) is 4.59. The number of rotatable bonds is 26. The number of ether oxygens (including phenoxy) is 2. The topological polar surface area (TPSA) is 124 Å². The Labute approximate surface area is 241 Å². The molecule has 0 saturated carbocycles. The van der Waals surface area contributed by atoms with Crippen LogP contribution in [0, 0.1) is 0 Å². The molecule has 0 amide bonds. The van der Waals surface area contributed by atoms with Gasteiger partial charge in [-0.25, -0.2) is 15.0 Å². The van der Waals surface area contributed by atoms with E-state index in [1.807, 2.05) is 11.5 Å². The van der Waals surface area contributed by atoms with Crippen LogP contribution in [-0.4, -0.2) is 58.9 Å². The average Bonchev–Trinajstić information content (AvgIpc) is 3.37. The lowest BCUT2D eigenvalue weighted by Crippen LogP contribution is -2.18. The SMILES string of the molecule is CCCCCCCCCCCCCCCCOCCCOP(=O)(COC(C)Cn1cnc2c(N)ncnc21)OC. The zero-order valence-corrected chi connectivity index (χ0v) is 26.1. The molecule has 0 radical (unpaired) electrons. The van der Waals surface area contributed by atoms with Crippen LogP contribution in [-0.2, 0) is 29.6 Å². The largest absolute Gasteiger partial charge is 0.382 e. The smallest absolute Gasteiger partial charge is 0.355 e. The van der Waals surface area contributed by atoms with E-state index >= 15 is 0 Å². The first-order valence-corrected chi connectivity index (χ1v) is 17.1. The van der Waals surface area contributed by atoms with Crippen LogP contribution in [0.15, 0.2) is 12.7 Å².